The van der Waals surface area contributed by atoms with Gasteiger partial charge in [-0.25, -0.2) is 4.79 Å². The molecule has 5 heteroatoms. The third-order valence-corrected chi connectivity index (χ3v) is 4.07. The maximum absolute atomic E-state index is 11.9. The van der Waals surface area contributed by atoms with Crippen LogP contribution in [-0.2, 0) is 4.79 Å². The van der Waals surface area contributed by atoms with E-state index in [0.29, 0.717) is 25.4 Å². The minimum atomic E-state index is -0.789. The highest BCUT2D eigenvalue weighted by Crippen LogP contribution is 2.24. The van der Waals surface area contributed by atoms with Crippen molar-refractivity contribution in [3.63, 3.8) is 0 Å². The van der Waals surface area contributed by atoms with Gasteiger partial charge in [-0.3, -0.25) is 4.79 Å². The van der Waals surface area contributed by atoms with Gasteiger partial charge < -0.3 is 15.3 Å². The number of carbonyl (C=O) groups is 2. The third kappa shape index (κ3) is 3.37. The Morgan fingerprint density at radius 3 is 2.56 bits per heavy atom. The largest absolute Gasteiger partial charge is 0.481 e. The number of carboxylic acids is 1. The highest BCUT2D eigenvalue weighted by Gasteiger charge is 2.28. The SMILES string of the molecule is O=C(O)[C@H]1CCCN(C(=O)NCC2CCCC2)C1. The monoisotopic (exact) mass is 254 g/mol. The first kappa shape index (κ1) is 13.2. The molecule has 1 heterocycles. The Morgan fingerprint density at radius 2 is 1.89 bits per heavy atom. The highest BCUT2D eigenvalue weighted by molar-refractivity contribution is 5.76. The summed E-state index contributed by atoms with van der Waals surface area (Å²) >= 11 is 0. The number of carbonyl (C=O) groups excluding carboxylic acids is 1. The molecule has 2 aliphatic rings. The number of rotatable bonds is 3. The summed E-state index contributed by atoms with van der Waals surface area (Å²) in [5, 5.41) is 11.9. The quantitative estimate of drug-likeness (QED) is 0.805. The molecule has 18 heavy (non-hydrogen) atoms. The van der Waals surface area contributed by atoms with Crippen molar-refractivity contribution in [3.05, 3.63) is 0 Å². The first-order valence-corrected chi connectivity index (χ1v) is 6.92. The van der Waals surface area contributed by atoms with Gasteiger partial charge in [0, 0.05) is 19.6 Å². The predicted molar refractivity (Wildman–Crippen MR) is 67.3 cm³/mol. The van der Waals surface area contributed by atoms with E-state index in [1.807, 2.05) is 0 Å². The number of hydrogen-bond donors (Lipinski definition) is 2. The van der Waals surface area contributed by atoms with E-state index in [1.165, 1.54) is 25.7 Å². The van der Waals surface area contributed by atoms with E-state index >= 15 is 0 Å². The molecule has 0 radical (unpaired) electrons. The predicted octanol–water partition coefficient (Wildman–Crippen LogP) is 1.68. The highest BCUT2D eigenvalue weighted by atomic mass is 16.4. The van der Waals surface area contributed by atoms with Gasteiger partial charge in [-0.15, -0.1) is 0 Å². The smallest absolute Gasteiger partial charge is 0.317 e. The van der Waals surface area contributed by atoms with Crippen molar-refractivity contribution in [2.45, 2.75) is 38.5 Å². The van der Waals surface area contributed by atoms with Gasteiger partial charge in [0.15, 0.2) is 0 Å². The number of nitrogens with one attached hydrogen (secondary N) is 1. The molecule has 2 rings (SSSR count). The number of likely N-dealkylation sites (tertiary alicyclic amines) is 1. The van der Waals surface area contributed by atoms with Crippen LogP contribution in [0.15, 0.2) is 0 Å². The van der Waals surface area contributed by atoms with E-state index in [-0.39, 0.29) is 6.03 Å². The number of hydrogen-bond acceptors (Lipinski definition) is 2. The second-order valence-electron chi connectivity index (χ2n) is 5.46. The molecular formula is C13H22N2O3. The van der Waals surface area contributed by atoms with Crippen LogP contribution >= 0.6 is 0 Å². The van der Waals surface area contributed by atoms with Crippen molar-refractivity contribution in [1.29, 1.82) is 0 Å². The normalized spacial score (nSPS) is 25.1. The fourth-order valence-electron chi connectivity index (χ4n) is 2.92. The second-order valence-corrected chi connectivity index (χ2v) is 5.46. The Morgan fingerprint density at radius 1 is 1.17 bits per heavy atom. The molecule has 2 fully saturated rings. The summed E-state index contributed by atoms with van der Waals surface area (Å²) in [4.78, 5) is 24.5. The molecule has 102 valence electrons. The Hall–Kier alpha value is -1.26. The van der Waals surface area contributed by atoms with Gasteiger partial charge in [0.1, 0.15) is 0 Å². The fraction of sp³-hybridized carbons (Fsp3) is 0.846. The summed E-state index contributed by atoms with van der Waals surface area (Å²) in [6.45, 7) is 1.78. The number of aliphatic carboxylic acids is 1. The van der Waals surface area contributed by atoms with E-state index < -0.39 is 11.9 Å². The van der Waals surface area contributed by atoms with E-state index in [2.05, 4.69) is 5.32 Å². The molecule has 1 saturated heterocycles. The lowest BCUT2D eigenvalue weighted by Crippen LogP contribution is -2.47. The van der Waals surface area contributed by atoms with Crippen molar-refractivity contribution in [2.75, 3.05) is 19.6 Å². The molecule has 1 saturated carbocycles. The van der Waals surface area contributed by atoms with Crippen molar-refractivity contribution >= 4 is 12.0 Å². The molecule has 0 unspecified atom stereocenters. The van der Waals surface area contributed by atoms with Gasteiger partial charge in [-0.1, -0.05) is 12.8 Å². The number of urea groups is 1. The molecule has 0 aromatic heterocycles. The average Bonchev–Trinajstić information content (AvgIpc) is 2.89. The lowest BCUT2D eigenvalue weighted by Gasteiger charge is -2.31. The molecule has 5 nitrogen and oxygen atoms in total. The van der Waals surface area contributed by atoms with E-state index in [9.17, 15) is 9.59 Å². The van der Waals surface area contributed by atoms with Crippen LogP contribution < -0.4 is 5.32 Å². The van der Waals surface area contributed by atoms with Crippen LogP contribution in [0, 0.1) is 11.8 Å². The summed E-state index contributed by atoms with van der Waals surface area (Å²) in [7, 11) is 0. The third-order valence-electron chi connectivity index (χ3n) is 4.07. The standard InChI is InChI=1S/C13H22N2O3/c16-12(17)11-6-3-7-15(9-11)13(18)14-8-10-4-1-2-5-10/h10-11H,1-9H2,(H,14,18)(H,16,17)/t11-/m0/s1. The average molecular weight is 254 g/mol. The zero-order valence-corrected chi connectivity index (χ0v) is 10.7. The van der Waals surface area contributed by atoms with Crippen LogP contribution in [0.5, 0.6) is 0 Å². The summed E-state index contributed by atoms with van der Waals surface area (Å²) in [5.74, 6) is -0.562. The molecule has 2 N–H and O–H groups in total. The molecular weight excluding hydrogens is 232 g/mol. The van der Waals surface area contributed by atoms with Crippen molar-refractivity contribution in [1.82, 2.24) is 10.2 Å². The van der Waals surface area contributed by atoms with E-state index in [4.69, 9.17) is 5.11 Å². The lowest BCUT2D eigenvalue weighted by molar-refractivity contribution is -0.143. The summed E-state index contributed by atoms with van der Waals surface area (Å²) in [5.41, 5.74) is 0. The van der Waals surface area contributed by atoms with E-state index in [0.717, 1.165) is 13.0 Å². The van der Waals surface area contributed by atoms with Crippen molar-refractivity contribution in [3.8, 4) is 0 Å². The molecule has 1 aliphatic carbocycles. The molecule has 0 aromatic rings. The van der Waals surface area contributed by atoms with Gasteiger partial charge >= 0.3 is 12.0 Å². The van der Waals surface area contributed by atoms with Crippen LogP contribution in [0.2, 0.25) is 0 Å². The second kappa shape index (κ2) is 6.07. The Labute approximate surface area is 108 Å². The Balaban J connectivity index is 1.75. The first-order chi connectivity index (χ1) is 8.66. The number of carboxylic acid groups (broad SMARTS) is 1. The minimum absolute atomic E-state index is 0.0900. The Bertz CT molecular complexity index is 313. The topological polar surface area (TPSA) is 69.6 Å². The van der Waals surface area contributed by atoms with Crippen LogP contribution in [0.4, 0.5) is 4.79 Å². The fourth-order valence-corrected chi connectivity index (χ4v) is 2.92. The molecule has 1 aliphatic heterocycles. The number of piperidine rings is 1. The van der Waals surface area contributed by atoms with Crippen LogP contribution in [0.1, 0.15) is 38.5 Å². The molecule has 0 bridgehead atoms. The van der Waals surface area contributed by atoms with Crippen LogP contribution in [0.3, 0.4) is 0 Å². The minimum Gasteiger partial charge on any atom is -0.481 e. The van der Waals surface area contributed by atoms with Gasteiger partial charge in [-0.05, 0) is 31.6 Å². The molecule has 0 aromatic carbocycles. The van der Waals surface area contributed by atoms with Crippen LogP contribution in [0.25, 0.3) is 0 Å². The summed E-state index contributed by atoms with van der Waals surface area (Å²) in [6, 6.07) is -0.0900. The summed E-state index contributed by atoms with van der Waals surface area (Å²) < 4.78 is 0. The first-order valence-electron chi connectivity index (χ1n) is 6.92. The molecule has 2 amide bonds. The zero-order chi connectivity index (χ0) is 13.0. The van der Waals surface area contributed by atoms with Gasteiger partial charge in [0.05, 0.1) is 5.92 Å². The van der Waals surface area contributed by atoms with Gasteiger partial charge in [0.2, 0.25) is 0 Å². The summed E-state index contributed by atoms with van der Waals surface area (Å²) in [6.07, 6.45) is 6.42. The lowest BCUT2D eigenvalue weighted by atomic mass is 9.99. The van der Waals surface area contributed by atoms with Gasteiger partial charge in [0.25, 0.3) is 0 Å². The van der Waals surface area contributed by atoms with Crippen molar-refractivity contribution in [2.24, 2.45) is 11.8 Å². The zero-order valence-electron chi connectivity index (χ0n) is 10.7. The van der Waals surface area contributed by atoms with Gasteiger partial charge in [-0.2, -0.15) is 0 Å². The number of nitrogens with zero attached hydrogens (tertiary/aromatic N) is 1. The molecule has 0 spiro atoms. The maximum Gasteiger partial charge on any atom is 0.317 e. The number of amides is 2. The molecule has 1 atom stereocenters. The Kier molecular flexibility index (Phi) is 4.44. The maximum atomic E-state index is 11.9. The van der Waals surface area contributed by atoms with E-state index in [1.54, 1.807) is 4.90 Å². The van der Waals surface area contributed by atoms with Crippen LogP contribution in [-0.4, -0.2) is 41.6 Å². The van der Waals surface area contributed by atoms with Crippen molar-refractivity contribution < 1.29 is 14.7 Å².